The van der Waals surface area contributed by atoms with Crippen molar-refractivity contribution in [3.63, 3.8) is 0 Å². The topological polar surface area (TPSA) is 107 Å². The van der Waals surface area contributed by atoms with Crippen LogP contribution in [0.25, 0.3) is 6.08 Å². The van der Waals surface area contributed by atoms with Gasteiger partial charge in [0.1, 0.15) is 19.3 Å². The molecular formula is C37H40N2O8S. The van der Waals surface area contributed by atoms with Crippen molar-refractivity contribution in [2.45, 2.75) is 40.3 Å². The minimum absolute atomic E-state index is 0.0482. The molecule has 0 spiro atoms. The summed E-state index contributed by atoms with van der Waals surface area (Å²) in [6.07, 6.45) is 1.79. The van der Waals surface area contributed by atoms with E-state index in [0.29, 0.717) is 63.4 Å². The molecule has 3 aromatic carbocycles. The number of aryl methyl sites for hydroxylation is 1. The standard InChI is InChI=1S/C37H40N2O8S/c1-7-44-30-20-25(15-16-28(30)47-22-26-12-9-11-23(3)19-26)21-31-35(40)39-33(27-13-10-14-29(43-6)34(27)45-8-2)32(24(4)38-37(39)48-31)36(41)46-18-17-42-5/h9-16,19-21,33H,7-8,17-18,22H2,1-6H3/b31-21+/t33-/m0/s1. The smallest absolute Gasteiger partial charge is 0.338 e. The molecule has 11 heteroatoms. The zero-order chi connectivity index (χ0) is 34.2. The van der Waals surface area contributed by atoms with Gasteiger partial charge < -0.3 is 28.4 Å². The number of methoxy groups -OCH3 is 2. The first-order valence-corrected chi connectivity index (χ1v) is 16.5. The maximum absolute atomic E-state index is 14.3. The number of allylic oxidation sites excluding steroid dienone is 1. The first-order valence-electron chi connectivity index (χ1n) is 15.7. The summed E-state index contributed by atoms with van der Waals surface area (Å²) < 4.78 is 36.3. The number of fused-ring (bicyclic) bond motifs is 1. The Labute approximate surface area is 283 Å². The fourth-order valence-corrected chi connectivity index (χ4v) is 6.54. The summed E-state index contributed by atoms with van der Waals surface area (Å²) in [7, 11) is 3.07. The summed E-state index contributed by atoms with van der Waals surface area (Å²) in [4.78, 5) is 33.0. The van der Waals surface area contributed by atoms with E-state index in [4.69, 9.17) is 33.4 Å². The minimum atomic E-state index is -0.883. The fourth-order valence-electron chi connectivity index (χ4n) is 5.50. The lowest BCUT2D eigenvalue weighted by Crippen LogP contribution is -2.40. The summed E-state index contributed by atoms with van der Waals surface area (Å²) in [5, 5.41) is 0. The molecule has 10 nitrogen and oxygen atoms in total. The average Bonchev–Trinajstić information content (AvgIpc) is 3.37. The molecule has 0 amide bonds. The summed E-state index contributed by atoms with van der Waals surface area (Å²) in [6.45, 7) is 9.00. The number of para-hydroxylation sites is 1. The van der Waals surface area contributed by atoms with E-state index in [-0.39, 0.29) is 24.3 Å². The molecule has 0 N–H and O–H groups in total. The number of carbonyl (C=O) groups is 1. The van der Waals surface area contributed by atoms with Crippen molar-refractivity contribution in [2.24, 2.45) is 4.99 Å². The Morgan fingerprint density at radius 2 is 1.71 bits per heavy atom. The van der Waals surface area contributed by atoms with Gasteiger partial charge in [0.25, 0.3) is 5.56 Å². The van der Waals surface area contributed by atoms with Gasteiger partial charge in [0.05, 0.1) is 42.7 Å². The number of hydrogen-bond acceptors (Lipinski definition) is 10. The van der Waals surface area contributed by atoms with Crippen LogP contribution in [0.1, 0.15) is 49.1 Å². The van der Waals surface area contributed by atoms with E-state index in [9.17, 15) is 9.59 Å². The van der Waals surface area contributed by atoms with Gasteiger partial charge in [-0.15, -0.1) is 0 Å². The Morgan fingerprint density at radius 3 is 2.44 bits per heavy atom. The van der Waals surface area contributed by atoms with Crippen LogP contribution in [0.4, 0.5) is 0 Å². The Balaban J connectivity index is 1.60. The Morgan fingerprint density at radius 1 is 0.917 bits per heavy atom. The fraction of sp³-hybridized carbons (Fsp3) is 0.324. The lowest BCUT2D eigenvalue weighted by atomic mass is 9.94. The monoisotopic (exact) mass is 672 g/mol. The van der Waals surface area contributed by atoms with Gasteiger partial charge in [-0.1, -0.05) is 59.4 Å². The number of thiazole rings is 1. The molecule has 48 heavy (non-hydrogen) atoms. The van der Waals surface area contributed by atoms with E-state index in [1.807, 2.05) is 63.2 Å². The third-order valence-corrected chi connectivity index (χ3v) is 8.60. The molecule has 1 aliphatic rings. The van der Waals surface area contributed by atoms with Gasteiger partial charge in [-0.2, -0.15) is 0 Å². The van der Waals surface area contributed by atoms with Crippen molar-refractivity contribution in [1.82, 2.24) is 4.57 Å². The predicted octanol–water partition coefficient (Wildman–Crippen LogP) is 5.12. The molecule has 0 saturated heterocycles. The van der Waals surface area contributed by atoms with Crippen molar-refractivity contribution in [2.75, 3.05) is 40.6 Å². The quantitative estimate of drug-likeness (QED) is 0.134. The SMILES string of the molecule is CCOc1cc(/C=c2/sc3n(c2=O)[C@@H](c2cccc(OC)c2OCC)C(C(=O)OCCOC)=C(C)N=3)ccc1OCc1cccc(C)c1. The normalized spacial score (nSPS) is 14.3. The first-order chi connectivity index (χ1) is 23.3. The van der Waals surface area contributed by atoms with Gasteiger partial charge in [0.15, 0.2) is 27.8 Å². The molecule has 1 aromatic heterocycles. The number of ether oxygens (including phenoxy) is 6. The Bertz CT molecular complexity index is 1990. The zero-order valence-electron chi connectivity index (χ0n) is 28.0. The van der Waals surface area contributed by atoms with Crippen LogP contribution in [0.3, 0.4) is 0 Å². The van der Waals surface area contributed by atoms with Crippen LogP contribution in [0.15, 0.2) is 81.7 Å². The summed E-state index contributed by atoms with van der Waals surface area (Å²) >= 11 is 1.23. The molecule has 0 aliphatic carbocycles. The van der Waals surface area contributed by atoms with Crippen molar-refractivity contribution >= 4 is 23.4 Å². The van der Waals surface area contributed by atoms with Crippen LogP contribution in [0.2, 0.25) is 0 Å². The van der Waals surface area contributed by atoms with Gasteiger partial charge in [-0.25, -0.2) is 9.79 Å². The highest BCUT2D eigenvalue weighted by molar-refractivity contribution is 7.07. The van der Waals surface area contributed by atoms with Crippen LogP contribution in [-0.2, 0) is 20.9 Å². The molecule has 0 bridgehead atoms. The van der Waals surface area contributed by atoms with Crippen LogP contribution in [0.5, 0.6) is 23.0 Å². The molecule has 0 radical (unpaired) electrons. The predicted molar refractivity (Wildman–Crippen MR) is 184 cm³/mol. The number of carbonyl (C=O) groups excluding carboxylic acids is 1. The highest BCUT2D eigenvalue weighted by Gasteiger charge is 2.36. The van der Waals surface area contributed by atoms with Gasteiger partial charge in [-0.3, -0.25) is 9.36 Å². The first kappa shape index (κ1) is 34.5. The Hall–Kier alpha value is -4.87. The van der Waals surface area contributed by atoms with E-state index < -0.39 is 12.0 Å². The Kier molecular flexibility index (Phi) is 11.4. The number of nitrogens with zero attached hydrogens (tertiary/aromatic N) is 2. The maximum atomic E-state index is 14.3. The lowest BCUT2D eigenvalue weighted by molar-refractivity contribution is -0.140. The van der Waals surface area contributed by atoms with Crippen molar-refractivity contribution < 1.29 is 33.2 Å². The summed E-state index contributed by atoms with van der Waals surface area (Å²) in [5.74, 6) is 1.48. The zero-order valence-corrected chi connectivity index (χ0v) is 28.8. The molecular weight excluding hydrogens is 632 g/mol. The number of hydrogen-bond donors (Lipinski definition) is 0. The summed E-state index contributed by atoms with van der Waals surface area (Å²) in [6, 6.07) is 18.2. The van der Waals surface area contributed by atoms with E-state index in [2.05, 4.69) is 6.07 Å². The second-order valence-corrected chi connectivity index (χ2v) is 11.9. The molecule has 2 heterocycles. The number of rotatable bonds is 14. The molecule has 0 fully saturated rings. The van der Waals surface area contributed by atoms with Crippen molar-refractivity contribution in [1.29, 1.82) is 0 Å². The maximum Gasteiger partial charge on any atom is 0.338 e. The van der Waals surface area contributed by atoms with Crippen LogP contribution in [0, 0.1) is 6.92 Å². The highest BCUT2D eigenvalue weighted by Crippen LogP contribution is 2.41. The van der Waals surface area contributed by atoms with Gasteiger partial charge in [0, 0.05) is 12.7 Å². The largest absolute Gasteiger partial charge is 0.493 e. The van der Waals surface area contributed by atoms with Gasteiger partial charge in [-0.05, 0) is 63.1 Å². The van der Waals surface area contributed by atoms with E-state index in [1.54, 1.807) is 32.2 Å². The van der Waals surface area contributed by atoms with Gasteiger partial charge in [0.2, 0.25) is 0 Å². The molecule has 0 unspecified atom stereocenters. The number of benzene rings is 3. The number of esters is 1. The molecule has 1 aliphatic heterocycles. The molecule has 252 valence electrons. The third kappa shape index (κ3) is 7.48. The van der Waals surface area contributed by atoms with E-state index in [0.717, 1.165) is 16.7 Å². The van der Waals surface area contributed by atoms with E-state index >= 15 is 0 Å². The molecule has 1 atom stereocenters. The van der Waals surface area contributed by atoms with Crippen molar-refractivity contribution in [3.05, 3.63) is 114 Å². The second-order valence-electron chi connectivity index (χ2n) is 10.9. The molecule has 5 rings (SSSR count). The minimum Gasteiger partial charge on any atom is -0.493 e. The third-order valence-electron chi connectivity index (χ3n) is 7.62. The van der Waals surface area contributed by atoms with Crippen LogP contribution < -0.4 is 33.8 Å². The van der Waals surface area contributed by atoms with E-state index in [1.165, 1.54) is 23.0 Å². The average molecular weight is 673 g/mol. The highest BCUT2D eigenvalue weighted by atomic mass is 32.1. The lowest BCUT2D eigenvalue weighted by Gasteiger charge is -2.27. The van der Waals surface area contributed by atoms with Crippen LogP contribution >= 0.6 is 11.3 Å². The van der Waals surface area contributed by atoms with Crippen molar-refractivity contribution in [3.8, 4) is 23.0 Å². The van der Waals surface area contributed by atoms with Crippen LogP contribution in [-0.4, -0.2) is 51.2 Å². The van der Waals surface area contributed by atoms with Gasteiger partial charge >= 0.3 is 5.97 Å². The molecule has 4 aromatic rings. The number of aromatic nitrogens is 1. The molecule has 0 saturated carbocycles. The second kappa shape index (κ2) is 15.8. The summed E-state index contributed by atoms with van der Waals surface area (Å²) in [5.41, 5.74) is 3.88.